The van der Waals surface area contributed by atoms with Gasteiger partial charge in [-0.1, -0.05) is 48.0 Å². The Kier molecular flexibility index (Phi) is 7.29. The molecule has 0 bridgehead atoms. The minimum atomic E-state index is -0.521. The molecular weight excluding hydrogens is 458 g/mol. The zero-order valence-electron chi connectivity index (χ0n) is 20.8. The third kappa shape index (κ3) is 4.77. The molecule has 0 fully saturated rings. The van der Waals surface area contributed by atoms with Gasteiger partial charge in [-0.25, -0.2) is 4.79 Å². The van der Waals surface area contributed by atoms with Crippen LogP contribution in [0.25, 0.3) is 5.57 Å². The lowest BCUT2D eigenvalue weighted by Gasteiger charge is -2.27. The standard InChI is InChI=1S/C29H29NO6/c1-18-5-8-20(9-6-18)25-26(21-10-12-22(13-11-21)29(33)36-4)30(28(32)27(25)31)16-15-19-7-14-23(34-2)24(17-19)35-3/h5-14,17,26,31H,15-16H2,1-4H3/t26-/m1/s1. The van der Waals surface area contributed by atoms with E-state index >= 15 is 0 Å². The number of esters is 1. The van der Waals surface area contributed by atoms with E-state index in [0.717, 1.165) is 22.3 Å². The Balaban J connectivity index is 1.70. The molecule has 0 aliphatic carbocycles. The molecule has 7 nitrogen and oxygen atoms in total. The Bertz CT molecular complexity index is 1290. The fourth-order valence-corrected chi connectivity index (χ4v) is 4.46. The lowest BCUT2D eigenvalue weighted by molar-refractivity contribution is -0.129. The van der Waals surface area contributed by atoms with E-state index in [1.54, 1.807) is 43.4 Å². The van der Waals surface area contributed by atoms with Crippen molar-refractivity contribution in [2.24, 2.45) is 0 Å². The van der Waals surface area contributed by atoms with Crippen LogP contribution in [0, 0.1) is 6.92 Å². The van der Waals surface area contributed by atoms with Crippen LogP contribution in [0.4, 0.5) is 0 Å². The summed E-state index contributed by atoms with van der Waals surface area (Å²) in [6, 6.07) is 19.7. The molecule has 3 aromatic carbocycles. The van der Waals surface area contributed by atoms with Crippen molar-refractivity contribution in [2.75, 3.05) is 27.9 Å². The molecule has 0 spiro atoms. The first-order valence-electron chi connectivity index (χ1n) is 11.6. The van der Waals surface area contributed by atoms with Crippen LogP contribution in [0.5, 0.6) is 11.5 Å². The van der Waals surface area contributed by atoms with Crippen LogP contribution < -0.4 is 9.47 Å². The molecule has 1 heterocycles. The average molecular weight is 488 g/mol. The molecule has 3 aromatic rings. The molecule has 0 radical (unpaired) electrons. The van der Waals surface area contributed by atoms with Gasteiger partial charge in [0.25, 0.3) is 5.91 Å². The number of methoxy groups -OCH3 is 3. The van der Waals surface area contributed by atoms with Gasteiger partial charge >= 0.3 is 5.97 Å². The summed E-state index contributed by atoms with van der Waals surface area (Å²) in [5.74, 6) is 0.0925. The molecule has 0 aromatic heterocycles. The summed E-state index contributed by atoms with van der Waals surface area (Å²) in [4.78, 5) is 26.9. The third-order valence-electron chi connectivity index (χ3n) is 6.40. The number of aliphatic hydroxyl groups is 1. The van der Waals surface area contributed by atoms with Gasteiger partial charge in [-0.2, -0.15) is 0 Å². The maximum absolute atomic E-state index is 13.3. The van der Waals surface area contributed by atoms with E-state index in [1.165, 1.54) is 7.11 Å². The van der Waals surface area contributed by atoms with E-state index < -0.39 is 17.9 Å². The summed E-state index contributed by atoms with van der Waals surface area (Å²) in [5.41, 5.74) is 4.53. The number of hydrogen-bond donors (Lipinski definition) is 1. The van der Waals surface area contributed by atoms with Crippen molar-refractivity contribution in [3.63, 3.8) is 0 Å². The molecule has 0 saturated heterocycles. The highest BCUT2D eigenvalue weighted by Gasteiger charge is 2.40. The van der Waals surface area contributed by atoms with E-state index in [9.17, 15) is 14.7 Å². The van der Waals surface area contributed by atoms with Crippen LogP contribution in [0.1, 0.15) is 38.7 Å². The lowest BCUT2D eigenvalue weighted by atomic mass is 9.92. The van der Waals surface area contributed by atoms with E-state index in [2.05, 4.69) is 0 Å². The van der Waals surface area contributed by atoms with Crippen LogP contribution in [-0.4, -0.2) is 49.8 Å². The SMILES string of the molecule is COC(=O)c1ccc([C@@H]2C(c3ccc(C)cc3)=C(O)C(=O)N2CCc2ccc(OC)c(OC)c2)cc1. The maximum Gasteiger partial charge on any atom is 0.337 e. The lowest BCUT2D eigenvalue weighted by Crippen LogP contribution is -2.32. The van der Waals surface area contributed by atoms with Crippen molar-refractivity contribution in [1.82, 2.24) is 4.90 Å². The molecule has 186 valence electrons. The van der Waals surface area contributed by atoms with Crippen molar-refractivity contribution >= 4 is 17.4 Å². The summed E-state index contributed by atoms with van der Waals surface area (Å²) in [5, 5.41) is 11.0. The molecule has 4 rings (SSSR count). The zero-order chi connectivity index (χ0) is 25.8. The van der Waals surface area contributed by atoms with E-state index in [0.29, 0.717) is 35.6 Å². The van der Waals surface area contributed by atoms with Gasteiger partial charge in [0, 0.05) is 12.1 Å². The number of hydrogen-bond acceptors (Lipinski definition) is 6. The van der Waals surface area contributed by atoms with Crippen LogP contribution >= 0.6 is 0 Å². The summed E-state index contributed by atoms with van der Waals surface area (Å²) < 4.78 is 15.5. The Morgan fingerprint density at radius 2 is 1.58 bits per heavy atom. The normalized spacial score (nSPS) is 15.3. The number of carbonyl (C=O) groups excluding carboxylic acids is 2. The molecule has 1 amide bonds. The topological polar surface area (TPSA) is 85.3 Å². The number of amides is 1. The monoisotopic (exact) mass is 487 g/mol. The van der Waals surface area contributed by atoms with Gasteiger partial charge in [0.05, 0.1) is 32.9 Å². The minimum Gasteiger partial charge on any atom is -0.503 e. The number of nitrogens with zero attached hydrogens (tertiary/aromatic N) is 1. The highest BCUT2D eigenvalue weighted by Crippen LogP contribution is 2.43. The Hall–Kier alpha value is -4.26. The summed E-state index contributed by atoms with van der Waals surface area (Å²) in [7, 11) is 4.49. The number of ether oxygens (including phenoxy) is 3. The van der Waals surface area contributed by atoms with Crippen LogP contribution in [0.2, 0.25) is 0 Å². The van der Waals surface area contributed by atoms with Crippen molar-refractivity contribution in [2.45, 2.75) is 19.4 Å². The van der Waals surface area contributed by atoms with Crippen molar-refractivity contribution < 1.29 is 28.9 Å². The predicted octanol–water partition coefficient (Wildman–Crippen LogP) is 4.89. The van der Waals surface area contributed by atoms with Crippen LogP contribution in [-0.2, 0) is 16.0 Å². The van der Waals surface area contributed by atoms with Gasteiger partial charge < -0.3 is 24.2 Å². The molecule has 7 heteroatoms. The Morgan fingerprint density at radius 1 is 0.917 bits per heavy atom. The Morgan fingerprint density at radius 3 is 2.19 bits per heavy atom. The first kappa shape index (κ1) is 24.9. The highest BCUT2D eigenvalue weighted by atomic mass is 16.5. The van der Waals surface area contributed by atoms with Crippen LogP contribution in [0.15, 0.2) is 72.5 Å². The smallest absolute Gasteiger partial charge is 0.337 e. The van der Waals surface area contributed by atoms with Gasteiger partial charge in [-0.3, -0.25) is 4.79 Å². The fraction of sp³-hybridized carbons (Fsp3) is 0.241. The third-order valence-corrected chi connectivity index (χ3v) is 6.40. The summed E-state index contributed by atoms with van der Waals surface area (Å²) >= 11 is 0. The molecule has 1 aliphatic rings. The average Bonchev–Trinajstić information content (AvgIpc) is 3.16. The van der Waals surface area contributed by atoms with E-state index in [1.807, 2.05) is 49.4 Å². The predicted molar refractivity (Wildman–Crippen MR) is 136 cm³/mol. The van der Waals surface area contributed by atoms with Gasteiger partial charge in [0.2, 0.25) is 0 Å². The fourth-order valence-electron chi connectivity index (χ4n) is 4.46. The molecule has 1 atom stereocenters. The number of aryl methyl sites for hydroxylation is 1. The van der Waals surface area contributed by atoms with Crippen molar-refractivity contribution in [3.8, 4) is 11.5 Å². The Labute approximate surface area is 210 Å². The minimum absolute atomic E-state index is 0.270. The van der Waals surface area contributed by atoms with Crippen molar-refractivity contribution in [1.29, 1.82) is 0 Å². The second-order valence-electron chi connectivity index (χ2n) is 8.58. The largest absolute Gasteiger partial charge is 0.503 e. The summed E-state index contributed by atoms with van der Waals surface area (Å²) in [6.07, 6.45) is 0.539. The molecule has 1 N–H and O–H groups in total. The number of rotatable bonds is 8. The molecule has 1 aliphatic heterocycles. The number of benzene rings is 3. The zero-order valence-corrected chi connectivity index (χ0v) is 20.8. The highest BCUT2D eigenvalue weighted by molar-refractivity contribution is 6.05. The van der Waals surface area contributed by atoms with Gasteiger partial charge in [0.1, 0.15) is 0 Å². The van der Waals surface area contributed by atoms with E-state index in [4.69, 9.17) is 14.2 Å². The molecule has 0 saturated carbocycles. The number of aliphatic hydroxyl groups excluding tert-OH is 1. The molecule has 0 unspecified atom stereocenters. The number of carbonyl (C=O) groups is 2. The summed E-state index contributed by atoms with van der Waals surface area (Å²) in [6.45, 7) is 2.34. The van der Waals surface area contributed by atoms with Gasteiger partial charge in [-0.15, -0.1) is 0 Å². The van der Waals surface area contributed by atoms with E-state index in [-0.39, 0.29) is 5.76 Å². The first-order chi connectivity index (χ1) is 17.4. The molecule has 36 heavy (non-hydrogen) atoms. The molecular formula is C29H29NO6. The second kappa shape index (κ2) is 10.6. The second-order valence-corrected chi connectivity index (χ2v) is 8.58. The maximum atomic E-state index is 13.3. The van der Waals surface area contributed by atoms with Crippen molar-refractivity contribution in [3.05, 3.63) is 100 Å². The first-order valence-corrected chi connectivity index (χ1v) is 11.6. The quantitative estimate of drug-likeness (QED) is 0.455. The van der Waals surface area contributed by atoms with Gasteiger partial charge in [0.15, 0.2) is 17.3 Å². The van der Waals surface area contributed by atoms with Crippen LogP contribution in [0.3, 0.4) is 0 Å². The van der Waals surface area contributed by atoms with Gasteiger partial charge in [-0.05, 0) is 54.3 Å².